The Morgan fingerprint density at radius 1 is 0.810 bits per heavy atom. The molecule has 0 saturated heterocycles. The molecule has 2 amide bonds. The number of carbonyl (C=O) groups excluding carboxylic acids is 2. The number of carboxylic acids is 1. The third-order valence-corrected chi connectivity index (χ3v) is 7.69. The summed E-state index contributed by atoms with van der Waals surface area (Å²) in [6.07, 6.45) is -0.00161. The average molecular weight is 675 g/mol. The molecule has 0 saturated carbocycles. The van der Waals surface area contributed by atoms with Crippen LogP contribution in [-0.4, -0.2) is 32.6 Å². The highest BCUT2D eigenvalue weighted by Crippen LogP contribution is 2.37. The van der Waals surface area contributed by atoms with E-state index in [0.717, 1.165) is 14.8 Å². The van der Waals surface area contributed by atoms with Crippen molar-refractivity contribution < 1.29 is 29.3 Å². The van der Waals surface area contributed by atoms with Crippen LogP contribution in [0.4, 0.5) is 11.4 Å². The van der Waals surface area contributed by atoms with Gasteiger partial charge < -0.3 is 30.2 Å². The van der Waals surface area contributed by atoms with E-state index in [0.29, 0.717) is 33.8 Å². The molecule has 0 atom stereocenters. The number of aryl methyl sites for hydroxylation is 1. The second-order valence-corrected chi connectivity index (χ2v) is 10.6. The van der Waals surface area contributed by atoms with Gasteiger partial charge in [-0.05, 0) is 77.2 Å². The third-order valence-electron chi connectivity index (χ3n) is 6.60. The molecule has 9 nitrogen and oxygen atoms in total. The van der Waals surface area contributed by atoms with Gasteiger partial charge in [0.15, 0.2) is 0 Å². The van der Waals surface area contributed by atoms with Gasteiger partial charge in [0.1, 0.15) is 22.8 Å². The van der Waals surface area contributed by atoms with Crippen molar-refractivity contribution in [1.29, 1.82) is 0 Å². The minimum absolute atomic E-state index is 0.00426. The van der Waals surface area contributed by atoms with Crippen molar-refractivity contribution in [3.05, 3.63) is 100 Å². The zero-order valence-corrected chi connectivity index (χ0v) is 24.6. The van der Waals surface area contributed by atoms with Crippen molar-refractivity contribution in [3.8, 4) is 28.5 Å². The van der Waals surface area contributed by atoms with Crippen molar-refractivity contribution >= 4 is 62.7 Å². The number of para-hydroxylation sites is 1. The van der Waals surface area contributed by atoms with Gasteiger partial charge in [0.2, 0.25) is 11.8 Å². The molecule has 0 aliphatic heterocycles. The monoisotopic (exact) mass is 675 g/mol. The highest BCUT2D eigenvalue weighted by Gasteiger charge is 2.20. The van der Waals surface area contributed by atoms with Crippen LogP contribution in [-0.2, 0) is 16.6 Å². The van der Waals surface area contributed by atoms with Crippen molar-refractivity contribution in [2.75, 3.05) is 10.6 Å². The lowest BCUT2D eigenvalue weighted by Gasteiger charge is -2.10. The van der Waals surface area contributed by atoms with E-state index in [9.17, 15) is 24.6 Å². The molecular formula is C32H26IN3O6. The van der Waals surface area contributed by atoms with Gasteiger partial charge in [-0.3, -0.25) is 9.59 Å². The van der Waals surface area contributed by atoms with Crippen LogP contribution in [0.5, 0.6) is 17.2 Å². The Hall–Kier alpha value is -4.84. The van der Waals surface area contributed by atoms with Crippen molar-refractivity contribution in [2.45, 2.75) is 12.8 Å². The first-order valence-corrected chi connectivity index (χ1v) is 14.0. The van der Waals surface area contributed by atoms with Gasteiger partial charge in [-0.1, -0.05) is 30.3 Å². The third kappa shape index (κ3) is 6.39. The summed E-state index contributed by atoms with van der Waals surface area (Å²) in [5, 5.41) is 25.9. The number of rotatable bonds is 9. The number of hydrogen-bond acceptors (Lipinski definition) is 5. The maximum absolute atomic E-state index is 12.7. The Balaban J connectivity index is 1.20. The molecule has 0 aliphatic carbocycles. The van der Waals surface area contributed by atoms with Crippen LogP contribution in [0, 0.1) is 3.57 Å². The summed E-state index contributed by atoms with van der Waals surface area (Å²) in [7, 11) is 1.83. The van der Waals surface area contributed by atoms with Crippen molar-refractivity contribution in [1.82, 2.24) is 4.57 Å². The molecule has 1 aromatic heterocycles. The number of phenols is 1. The number of nitrogens with zero attached hydrogens (tertiary/aromatic N) is 1. The van der Waals surface area contributed by atoms with Crippen molar-refractivity contribution in [2.24, 2.45) is 7.05 Å². The van der Waals surface area contributed by atoms with Crippen LogP contribution in [0.25, 0.3) is 22.2 Å². The Bertz CT molecular complexity index is 1800. The van der Waals surface area contributed by atoms with E-state index in [2.05, 4.69) is 33.2 Å². The van der Waals surface area contributed by atoms with Gasteiger partial charge in [0.05, 0.1) is 11.2 Å². The normalized spacial score (nSPS) is 10.8. The summed E-state index contributed by atoms with van der Waals surface area (Å²) in [6, 6.07) is 26.5. The summed E-state index contributed by atoms with van der Waals surface area (Å²) in [4.78, 5) is 36.6. The lowest BCUT2D eigenvalue weighted by molar-refractivity contribution is -0.121. The largest absolute Gasteiger partial charge is 0.507 e. The lowest BCUT2D eigenvalue weighted by Crippen LogP contribution is -2.17. The number of aromatic hydroxyl groups is 1. The minimum Gasteiger partial charge on any atom is -0.507 e. The second-order valence-electron chi connectivity index (χ2n) is 9.53. The predicted octanol–water partition coefficient (Wildman–Crippen LogP) is 7.00. The van der Waals surface area contributed by atoms with Crippen molar-refractivity contribution in [3.63, 3.8) is 0 Å². The van der Waals surface area contributed by atoms with Gasteiger partial charge in [-0.15, -0.1) is 0 Å². The van der Waals surface area contributed by atoms with Gasteiger partial charge >= 0.3 is 5.97 Å². The number of hydrogen-bond donors (Lipinski definition) is 4. The lowest BCUT2D eigenvalue weighted by atomic mass is 10.1. The molecule has 42 heavy (non-hydrogen) atoms. The van der Waals surface area contributed by atoms with E-state index in [-0.39, 0.29) is 36.0 Å². The summed E-state index contributed by atoms with van der Waals surface area (Å²) in [5.41, 5.74) is 3.27. The number of nitrogens with one attached hydrogen (secondary N) is 2. The first kappa shape index (κ1) is 28.7. The number of carbonyl (C=O) groups is 3. The van der Waals surface area contributed by atoms with Crippen LogP contribution in [0.2, 0.25) is 0 Å². The van der Waals surface area contributed by atoms with Crippen LogP contribution in [0.15, 0.2) is 91.0 Å². The molecule has 0 bridgehead atoms. The molecule has 212 valence electrons. The number of benzene rings is 4. The molecule has 4 aromatic carbocycles. The summed E-state index contributed by atoms with van der Waals surface area (Å²) >= 11 is 2.15. The molecule has 0 spiro atoms. The fourth-order valence-corrected chi connectivity index (χ4v) is 5.67. The fraction of sp³-hybridized carbons (Fsp3) is 0.0938. The number of amides is 2. The number of ether oxygens (including phenoxy) is 1. The van der Waals surface area contributed by atoms with E-state index in [1.165, 1.54) is 12.1 Å². The molecule has 4 N–H and O–H groups in total. The summed E-state index contributed by atoms with van der Waals surface area (Å²) < 4.78 is 8.44. The van der Waals surface area contributed by atoms with E-state index < -0.39 is 5.97 Å². The first-order valence-electron chi connectivity index (χ1n) is 13.0. The molecular weight excluding hydrogens is 649 g/mol. The fourth-order valence-electron chi connectivity index (χ4n) is 4.57. The number of anilines is 2. The molecule has 10 heteroatoms. The van der Waals surface area contributed by atoms with Crippen LogP contribution < -0.4 is 15.4 Å². The first-order chi connectivity index (χ1) is 20.2. The van der Waals surface area contributed by atoms with Crippen LogP contribution >= 0.6 is 22.6 Å². The van der Waals surface area contributed by atoms with Crippen LogP contribution in [0.3, 0.4) is 0 Å². The van der Waals surface area contributed by atoms with E-state index >= 15 is 0 Å². The number of carboxylic acid groups (broad SMARTS) is 1. The highest BCUT2D eigenvalue weighted by molar-refractivity contribution is 14.1. The van der Waals surface area contributed by atoms with Gasteiger partial charge in [0, 0.05) is 51.9 Å². The number of aromatic carboxylic acids is 1. The molecule has 5 aromatic rings. The maximum Gasteiger partial charge on any atom is 0.339 e. The Kier molecular flexibility index (Phi) is 8.43. The molecule has 0 unspecified atom stereocenters. The number of aromatic nitrogens is 1. The van der Waals surface area contributed by atoms with Gasteiger partial charge in [-0.25, -0.2) is 4.79 Å². The summed E-state index contributed by atoms with van der Waals surface area (Å²) in [5.74, 6) is -0.756. The standard InChI is InChI=1S/C32H26IN3O6/c1-36-26-18-27(37)25(32(40)41)17-24(26)30(33)31(36)19-6-5-7-21(16-19)35-29(39)15-14-28(38)34-20-10-12-23(13-11-20)42-22-8-3-2-4-9-22/h2-13,16-18,37H,14-15H2,1H3,(H,34,38)(H,35,39)(H,40,41). The zero-order chi connectivity index (χ0) is 29.8. The number of halogens is 1. The SMILES string of the molecule is Cn1c(-c2cccc(NC(=O)CCC(=O)Nc3ccc(Oc4ccccc4)cc3)c2)c(I)c2cc(C(=O)O)c(O)cc21. The highest BCUT2D eigenvalue weighted by atomic mass is 127. The smallest absolute Gasteiger partial charge is 0.339 e. The van der Waals surface area contributed by atoms with E-state index in [1.54, 1.807) is 36.4 Å². The Morgan fingerprint density at radius 2 is 1.45 bits per heavy atom. The Labute approximate surface area is 254 Å². The topological polar surface area (TPSA) is 130 Å². The molecule has 0 radical (unpaired) electrons. The van der Waals surface area contributed by atoms with Gasteiger partial charge in [-0.2, -0.15) is 0 Å². The average Bonchev–Trinajstić information content (AvgIpc) is 3.21. The van der Waals surface area contributed by atoms with E-state index in [1.807, 2.05) is 54.1 Å². The van der Waals surface area contributed by atoms with E-state index in [4.69, 9.17) is 4.74 Å². The molecule has 5 rings (SSSR count). The minimum atomic E-state index is -1.21. The molecule has 1 heterocycles. The maximum atomic E-state index is 12.7. The second kappa shape index (κ2) is 12.4. The predicted molar refractivity (Wildman–Crippen MR) is 169 cm³/mol. The number of fused-ring (bicyclic) bond motifs is 1. The summed E-state index contributed by atoms with van der Waals surface area (Å²) in [6.45, 7) is 0. The zero-order valence-electron chi connectivity index (χ0n) is 22.4. The Morgan fingerprint density at radius 3 is 2.12 bits per heavy atom. The molecule has 0 aliphatic rings. The molecule has 0 fully saturated rings. The quantitative estimate of drug-likeness (QED) is 0.125. The van der Waals surface area contributed by atoms with Crippen LogP contribution in [0.1, 0.15) is 23.2 Å². The van der Waals surface area contributed by atoms with Gasteiger partial charge in [0.25, 0.3) is 0 Å².